The molecule has 2 aliphatic rings. The molecule has 1 heterocycles. The summed E-state index contributed by atoms with van der Waals surface area (Å²) in [7, 11) is 0. The van der Waals surface area contributed by atoms with Gasteiger partial charge in [0.15, 0.2) is 5.96 Å². The molecule has 0 radical (unpaired) electrons. The Morgan fingerprint density at radius 3 is 2.59 bits per heavy atom. The van der Waals surface area contributed by atoms with E-state index in [1.165, 1.54) is 0 Å². The third-order valence-corrected chi connectivity index (χ3v) is 4.93. The molecule has 0 unspecified atom stereocenters. The van der Waals surface area contributed by atoms with Gasteiger partial charge in [0.1, 0.15) is 5.82 Å². The van der Waals surface area contributed by atoms with Crippen molar-refractivity contribution in [3.05, 3.63) is 41.7 Å². The van der Waals surface area contributed by atoms with Crippen molar-refractivity contribution in [2.45, 2.75) is 51.3 Å². The van der Waals surface area contributed by atoms with Crippen molar-refractivity contribution < 1.29 is 9.50 Å². The van der Waals surface area contributed by atoms with E-state index < -0.39 is 0 Å². The molecular weight excluding hydrogens is 458 g/mol. The molecule has 3 rings (SSSR count). The second-order valence-electron chi connectivity index (χ2n) is 6.98. The van der Waals surface area contributed by atoms with Gasteiger partial charge in [0.05, 0.1) is 18.3 Å². The van der Waals surface area contributed by atoms with E-state index >= 15 is 0 Å². The molecule has 1 fully saturated rings. The molecule has 1 aliphatic carbocycles. The van der Waals surface area contributed by atoms with Crippen LogP contribution in [-0.4, -0.2) is 42.8 Å². The number of benzene rings is 1. The summed E-state index contributed by atoms with van der Waals surface area (Å²) >= 11 is 0. The number of nitrogens with one attached hydrogen (secondary N) is 2. The van der Waals surface area contributed by atoms with Crippen molar-refractivity contribution in [1.82, 2.24) is 10.6 Å². The minimum Gasteiger partial charge on any atom is -0.393 e. The quantitative estimate of drug-likeness (QED) is 0.258. The molecule has 1 aromatic carbocycles. The van der Waals surface area contributed by atoms with E-state index in [2.05, 4.69) is 27.8 Å². The fourth-order valence-electron chi connectivity index (χ4n) is 3.43. The smallest absolute Gasteiger partial charge is 0.191 e. The first kappa shape index (κ1) is 21.9. The SMILES string of the molecule is CCNC(=NCc1ccc(N2CCC(O)CC2)c(F)c1)NC1CC=CC1.I. The number of guanidine groups is 1. The Bertz CT molecular complexity index is 651. The van der Waals surface area contributed by atoms with Gasteiger partial charge in [-0.3, -0.25) is 0 Å². The molecule has 150 valence electrons. The van der Waals surface area contributed by atoms with Crippen LogP contribution in [0.1, 0.15) is 38.2 Å². The maximum absolute atomic E-state index is 14.5. The zero-order valence-corrected chi connectivity index (χ0v) is 18.2. The monoisotopic (exact) mass is 488 g/mol. The first-order valence-electron chi connectivity index (χ1n) is 9.57. The highest BCUT2D eigenvalue weighted by molar-refractivity contribution is 14.0. The van der Waals surface area contributed by atoms with Crippen LogP contribution in [0.4, 0.5) is 10.1 Å². The summed E-state index contributed by atoms with van der Waals surface area (Å²) in [6, 6.07) is 5.73. The summed E-state index contributed by atoms with van der Waals surface area (Å²) < 4.78 is 14.5. The Balaban J connectivity index is 0.00000261. The van der Waals surface area contributed by atoms with E-state index in [1.807, 2.05) is 24.0 Å². The predicted molar refractivity (Wildman–Crippen MR) is 119 cm³/mol. The van der Waals surface area contributed by atoms with Gasteiger partial charge >= 0.3 is 0 Å². The normalized spacial score (nSPS) is 18.5. The van der Waals surface area contributed by atoms with E-state index in [1.54, 1.807) is 6.07 Å². The van der Waals surface area contributed by atoms with Crippen LogP contribution >= 0.6 is 24.0 Å². The molecule has 5 nitrogen and oxygen atoms in total. The Morgan fingerprint density at radius 2 is 1.96 bits per heavy atom. The van der Waals surface area contributed by atoms with E-state index in [-0.39, 0.29) is 35.9 Å². The van der Waals surface area contributed by atoms with Crippen LogP contribution in [-0.2, 0) is 6.54 Å². The van der Waals surface area contributed by atoms with Gasteiger partial charge in [0.2, 0.25) is 0 Å². The largest absolute Gasteiger partial charge is 0.393 e. The maximum Gasteiger partial charge on any atom is 0.191 e. The summed E-state index contributed by atoms with van der Waals surface area (Å²) in [5.74, 6) is 0.558. The third kappa shape index (κ3) is 6.34. The highest BCUT2D eigenvalue weighted by Crippen LogP contribution is 2.24. The number of nitrogens with zero attached hydrogens (tertiary/aromatic N) is 2. The highest BCUT2D eigenvalue weighted by Gasteiger charge is 2.19. The molecule has 0 saturated carbocycles. The lowest BCUT2D eigenvalue weighted by molar-refractivity contribution is 0.145. The molecule has 7 heteroatoms. The van der Waals surface area contributed by atoms with Gasteiger partial charge in [0, 0.05) is 25.7 Å². The van der Waals surface area contributed by atoms with E-state index in [9.17, 15) is 9.50 Å². The minimum absolute atomic E-state index is 0. The molecule has 0 atom stereocenters. The lowest BCUT2D eigenvalue weighted by Gasteiger charge is -2.31. The summed E-state index contributed by atoms with van der Waals surface area (Å²) in [6.07, 6.45) is 7.51. The molecular formula is C20H30FIN4O. The predicted octanol–water partition coefficient (Wildman–Crippen LogP) is 3.18. The Morgan fingerprint density at radius 1 is 1.26 bits per heavy atom. The zero-order chi connectivity index (χ0) is 18.4. The van der Waals surface area contributed by atoms with E-state index in [0.717, 1.165) is 30.9 Å². The van der Waals surface area contributed by atoms with E-state index in [4.69, 9.17) is 0 Å². The van der Waals surface area contributed by atoms with Crippen LogP contribution in [0.5, 0.6) is 0 Å². The molecule has 0 spiro atoms. The van der Waals surface area contributed by atoms with E-state index in [0.29, 0.717) is 44.2 Å². The van der Waals surface area contributed by atoms with Crippen LogP contribution in [0.2, 0.25) is 0 Å². The molecule has 3 N–H and O–H groups in total. The Kier molecular flexibility index (Phi) is 8.82. The number of aliphatic imine (C=N–C) groups is 1. The lowest BCUT2D eigenvalue weighted by atomic mass is 10.1. The van der Waals surface area contributed by atoms with Crippen LogP contribution in [0, 0.1) is 5.82 Å². The molecule has 0 aromatic heterocycles. The van der Waals surface area contributed by atoms with Gasteiger partial charge < -0.3 is 20.6 Å². The number of aliphatic hydroxyl groups excluding tert-OH is 1. The first-order chi connectivity index (χ1) is 12.7. The van der Waals surface area contributed by atoms with Crippen LogP contribution in [0.25, 0.3) is 0 Å². The molecule has 0 bridgehead atoms. The van der Waals surface area contributed by atoms with Gasteiger partial charge in [0.25, 0.3) is 0 Å². The van der Waals surface area contributed by atoms with Crippen molar-refractivity contribution in [2.75, 3.05) is 24.5 Å². The first-order valence-corrected chi connectivity index (χ1v) is 9.57. The van der Waals surface area contributed by atoms with Gasteiger partial charge in [-0.25, -0.2) is 9.38 Å². The average Bonchev–Trinajstić information content (AvgIpc) is 3.14. The van der Waals surface area contributed by atoms with Gasteiger partial charge in [-0.1, -0.05) is 18.2 Å². The van der Waals surface area contributed by atoms with Gasteiger partial charge in [-0.2, -0.15) is 0 Å². The fourth-order valence-corrected chi connectivity index (χ4v) is 3.43. The maximum atomic E-state index is 14.5. The molecule has 27 heavy (non-hydrogen) atoms. The number of rotatable bonds is 5. The van der Waals surface area contributed by atoms with Crippen LogP contribution in [0.3, 0.4) is 0 Å². The minimum atomic E-state index is -0.255. The van der Waals surface area contributed by atoms with Crippen molar-refractivity contribution >= 4 is 35.6 Å². The number of aliphatic hydroxyl groups is 1. The lowest BCUT2D eigenvalue weighted by Crippen LogP contribution is -2.42. The second-order valence-corrected chi connectivity index (χ2v) is 6.98. The second kappa shape index (κ2) is 10.8. The van der Waals surface area contributed by atoms with Gasteiger partial charge in [-0.05, 0) is 50.3 Å². The van der Waals surface area contributed by atoms with Crippen LogP contribution < -0.4 is 15.5 Å². The van der Waals surface area contributed by atoms with Crippen molar-refractivity contribution in [1.29, 1.82) is 0 Å². The summed E-state index contributed by atoms with van der Waals surface area (Å²) in [5, 5.41) is 16.3. The number of hydrogen-bond acceptors (Lipinski definition) is 3. The highest BCUT2D eigenvalue weighted by atomic mass is 127. The number of halogens is 2. The fraction of sp³-hybridized carbons (Fsp3) is 0.550. The number of hydrogen-bond donors (Lipinski definition) is 3. The standard InChI is InChI=1S/C20H29FN4O.HI/c1-2-22-20(24-16-5-3-4-6-16)23-14-15-7-8-19(18(21)13-15)25-11-9-17(26)10-12-25;/h3-4,7-8,13,16-17,26H,2,5-6,9-12,14H2,1H3,(H2,22,23,24);1H. The zero-order valence-electron chi connectivity index (χ0n) is 15.8. The summed E-state index contributed by atoms with van der Waals surface area (Å²) in [6.45, 7) is 4.65. The van der Waals surface area contributed by atoms with Crippen LogP contribution in [0.15, 0.2) is 35.3 Å². The molecule has 0 amide bonds. The topological polar surface area (TPSA) is 59.9 Å². The van der Waals surface area contributed by atoms with Crippen molar-refractivity contribution in [2.24, 2.45) is 4.99 Å². The Labute approximate surface area is 178 Å². The number of anilines is 1. The van der Waals surface area contributed by atoms with Gasteiger partial charge in [-0.15, -0.1) is 24.0 Å². The van der Waals surface area contributed by atoms with Crippen molar-refractivity contribution in [3.8, 4) is 0 Å². The number of piperidine rings is 1. The average molecular weight is 488 g/mol. The third-order valence-electron chi connectivity index (χ3n) is 4.93. The van der Waals surface area contributed by atoms with Crippen molar-refractivity contribution in [3.63, 3.8) is 0 Å². The molecule has 1 aliphatic heterocycles. The molecule has 1 aromatic rings. The summed E-state index contributed by atoms with van der Waals surface area (Å²) in [5.41, 5.74) is 1.47. The summed E-state index contributed by atoms with van der Waals surface area (Å²) in [4.78, 5) is 6.60. The molecule has 1 saturated heterocycles. The Hall–Kier alpha value is -1.35.